The highest BCUT2D eigenvalue weighted by atomic mass is 127. The first kappa shape index (κ1) is 18.6. The molecule has 0 aromatic heterocycles. The first-order valence-electron chi connectivity index (χ1n) is 7.31. The largest absolute Gasteiger partial charge is 0.298 e. The number of carbonyl (C=O) groups is 1. The zero-order valence-corrected chi connectivity index (χ0v) is 15.3. The summed E-state index contributed by atoms with van der Waals surface area (Å²) in [4.78, 5) is 18.0. The van der Waals surface area contributed by atoms with Crippen LogP contribution in [-0.2, 0) is 11.2 Å². The number of ketones is 1. The van der Waals surface area contributed by atoms with Gasteiger partial charge in [-0.2, -0.15) is 0 Å². The first-order chi connectivity index (χ1) is 10.8. The topological polar surface area (TPSA) is 29.4 Å². The smallest absolute Gasteiger partial charge is 0.153 e. The van der Waals surface area contributed by atoms with Crippen molar-refractivity contribution in [2.75, 3.05) is 11.5 Å². The van der Waals surface area contributed by atoms with Crippen LogP contribution in [0.1, 0.15) is 24.5 Å². The van der Waals surface area contributed by atoms with Gasteiger partial charge in [0.05, 0.1) is 6.54 Å². The van der Waals surface area contributed by atoms with E-state index in [0.717, 1.165) is 17.7 Å². The molecule has 2 rings (SSSR count). The Kier molecular flexibility index (Phi) is 9.39. The molecule has 0 fully saturated rings. The lowest BCUT2D eigenvalue weighted by atomic mass is 10.0. The number of hydrogen-bond acceptors (Lipinski definition) is 2. The van der Waals surface area contributed by atoms with Gasteiger partial charge in [-0.25, -0.2) is 0 Å². The third-order valence-corrected chi connectivity index (χ3v) is 3.16. The maximum absolute atomic E-state index is 11.5. The summed E-state index contributed by atoms with van der Waals surface area (Å²) in [6.07, 6.45) is 1.29. The van der Waals surface area contributed by atoms with Gasteiger partial charge in [-0.15, -0.1) is 0 Å². The zero-order chi connectivity index (χ0) is 16.2. The molecule has 0 aliphatic carbocycles. The van der Waals surface area contributed by atoms with Crippen LogP contribution in [0, 0.1) is 0 Å². The Balaban J connectivity index is 0.00000116. The number of nitrogens with zero attached hydrogens (tertiary/aromatic N) is 1. The van der Waals surface area contributed by atoms with Crippen molar-refractivity contribution < 1.29 is 4.79 Å². The van der Waals surface area contributed by atoms with Crippen molar-refractivity contribution in [1.29, 1.82) is 0 Å². The highest BCUT2D eigenvalue weighted by Crippen LogP contribution is 2.09. The monoisotopic (exact) mass is 407 g/mol. The molecular weight excluding hydrogens is 385 g/mol. The number of benzene rings is 2. The summed E-state index contributed by atoms with van der Waals surface area (Å²) >= 11 is 2.15. The van der Waals surface area contributed by atoms with Crippen molar-refractivity contribution in [3.63, 3.8) is 0 Å². The molecule has 0 atom stereocenters. The Bertz CT molecular complexity index is 579. The highest BCUT2D eigenvalue weighted by molar-refractivity contribution is 14.1. The third kappa shape index (κ3) is 6.52. The Labute approximate surface area is 146 Å². The number of Topliss-reactive ketones (excluding diaryl/α,β-unsaturated/α-hetero) is 1. The molecule has 0 aliphatic heterocycles. The van der Waals surface area contributed by atoms with E-state index in [-0.39, 0.29) is 12.3 Å². The lowest BCUT2D eigenvalue weighted by Crippen LogP contribution is -2.09. The predicted molar refractivity (Wildman–Crippen MR) is 103 cm³/mol. The van der Waals surface area contributed by atoms with E-state index in [1.54, 1.807) is 0 Å². The second-order valence-electron chi connectivity index (χ2n) is 4.68. The van der Waals surface area contributed by atoms with Crippen LogP contribution in [0.5, 0.6) is 0 Å². The third-order valence-electron chi connectivity index (χ3n) is 3.16. The van der Waals surface area contributed by atoms with Gasteiger partial charge in [-0.1, -0.05) is 90.2 Å². The van der Waals surface area contributed by atoms with E-state index in [4.69, 9.17) is 0 Å². The van der Waals surface area contributed by atoms with Crippen molar-refractivity contribution in [3.8, 4) is 0 Å². The summed E-state index contributed by atoms with van der Waals surface area (Å²) in [5.41, 5.74) is 3.26. The minimum absolute atomic E-state index is 0.173. The summed E-state index contributed by atoms with van der Waals surface area (Å²) in [6.45, 7) is 2.14. The van der Waals surface area contributed by atoms with Crippen molar-refractivity contribution >= 4 is 34.1 Å². The van der Waals surface area contributed by atoms with E-state index < -0.39 is 0 Å². The molecule has 0 radical (unpaired) electrons. The number of aliphatic imine (C=N–C) groups is 1. The first-order valence-corrected chi connectivity index (χ1v) is 9.47. The van der Waals surface area contributed by atoms with Gasteiger partial charge in [-0.05, 0) is 16.1 Å². The predicted octanol–water partition coefficient (Wildman–Crippen LogP) is 4.75. The van der Waals surface area contributed by atoms with Crippen LogP contribution in [0.2, 0.25) is 0 Å². The van der Waals surface area contributed by atoms with E-state index in [1.165, 1.54) is 5.56 Å². The Hall–Kier alpha value is -1.49. The van der Waals surface area contributed by atoms with E-state index in [0.29, 0.717) is 6.42 Å². The summed E-state index contributed by atoms with van der Waals surface area (Å²) in [5.74, 6) is 0.173. The molecule has 0 amide bonds. The highest BCUT2D eigenvalue weighted by Gasteiger charge is 2.05. The van der Waals surface area contributed by atoms with Crippen LogP contribution in [0.4, 0.5) is 0 Å². The molecule has 2 aromatic rings. The number of rotatable bonds is 6. The van der Waals surface area contributed by atoms with E-state index in [1.807, 2.05) is 60.4 Å². The minimum atomic E-state index is 0.173. The lowest BCUT2D eigenvalue weighted by Gasteiger charge is -2.07. The van der Waals surface area contributed by atoms with Gasteiger partial charge in [-0.3, -0.25) is 9.79 Å². The number of alkyl halides is 1. The number of hydrogen-bond donors (Lipinski definition) is 0. The van der Waals surface area contributed by atoms with Crippen molar-refractivity contribution in [2.24, 2.45) is 4.99 Å². The maximum atomic E-state index is 11.5. The van der Waals surface area contributed by atoms with Gasteiger partial charge in [0.15, 0.2) is 5.78 Å². The summed E-state index contributed by atoms with van der Waals surface area (Å²) < 4.78 is 0. The molecule has 0 saturated carbocycles. The molecule has 22 heavy (non-hydrogen) atoms. The van der Waals surface area contributed by atoms with Crippen LogP contribution in [0.15, 0.2) is 65.7 Å². The molecule has 116 valence electrons. The summed E-state index contributed by atoms with van der Waals surface area (Å²) in [7, 11) is 0. The second kappa shape index (κ2) is 11.1. The van der Waals surface area contributed by atoms with Gasteiger partial charge in [0.1, 0.15) is 0 Å². The minimum Gasteiger partial charge on any atom is -0.298 e. The fourth-order valence-corrected chi connectivity index (χ4v) is 1.96. The molecule has 0 N–H and O–H groups in total. The molecule has 2 nitrogen and oxygen atoms in total. The SMILES string of the molecule is CCC(=O)CN=C(Cc1ccccc1)c1ccccc1.CI. The quantitative estimate of drug-likeness (QED) is 0.386. The molecule has 0 spiro atoms. The molecular formula is C19H22INO. The fourth-order valence-electron chi connectivity index (χ4n) is 1.96. The molecule has 0 unspecified atom stereocenters. The average molecular weight is 407 g/mol. The molecule has 2 aromatic carbocycles. The van der Waals surface area contributed by atoms with Gasteiger partial charge in [0.25, 0.3) is 0 Å². The van der Waals surface area contributed by atoms with Crippen LogP contribution in [0.3, 0.4) is 0 Å². The lowest BCUT2D eigenvalue weighted by molar-refractivity contribution is -0.117. The van der Waals surface area contributed by atoms with Gasteiger partial charge >= 0.3 is 0 Å². The summed E-state index contributed by atoms with van der Waals surface area (Å²) in [5, 5.41) is 0. The van der Waals surface area contributed by atoms with Gasteiger partial charge in [0.2, 0.25) is 0 Å². The summed E-state index contributed by atoms with van der Waals surface area (Å²) in [6, 6.07) is 20.3. The van der Waals surface area contributed by atoms with E-state index >= 15 is 0 Å². The Morgan fingerprint density at radius 1 is 0.955 bits per heavy atom. The molecule has 0 aliphatic rings. The molecule has 0 heterocycles. The van der Waals surface area contributed by atoms with Gasteiger partial charge < -0.3 is 0 Å². The van der Waals surface area contributed by atoms with Crippen LogP contribution >= 0.6 is 22.6 Å². The zero-order valence-electron chi connectivity index (χ0n) is 13.1. The molecule has 0 saturated heterocycles. The Morgan fingerprint density at radius 3 is 2.05 bits per heavy atom. The second-order valence-corrected chi connectivity index (χ2v) is 4.68. The van der Waals surface area contributed by atoms with E-state index in [9.17, 15) is 4.79 Å². The normalized spacial score (nSPS) is 10.6. The molecule has 3 heteroatoms. The van der Waals surface area contributed by atoms with Gasteiger partial charge in [0, 0.05) is 18.6 Å². The van der Waals surface area contributed by atoms with Crippen molar-refractivity contribution in [1.82, 2.24) is 0 Å². The molecule has 0 bridgehead atoms. The number of halogens is 1. The Morgan fingerprint density at radius 2 is 1.50 bits per heavy atom. The standard InChI is InChI=1S/C18H19NO.CH3I/c1-2-17(20)14-19-18(16-11-7-4-8-12-16)13-15-9-5-3-6-10-15;1-2/h3-12H,2,13-14H2,1H3;1H3. The maximum Gasteiger partial charge on any atom is 0.153 e. The average Bonchev–Trinajstić information content (AvgIpc) is 2.61. The van der Waals surface area contributed by atoms with Crippen LogP contribution in [0.25, 0.3) is 0 Å². The number of carbonyl (C=O) groups excluding carboxylic acids is 1. The van der Waals surface area contributed by atoms with E-state index in [2.05, 4.69) is 39.7 Å². The fraction of sp³-hybridized carbons (Fsp3) is 0.263. The van der Waals surface area contributed by atoms with Crippen LogP contribution < -0.4 is 0 Å². The van der Waals surface area contributed by atoms with Crippen molar-refractivity contribution in [2.45, 2.75) is 19.8 Å². The van der Waals surface area contributed by atoms with Crippen LogP contribution in [-0.4, -0.2) is 23.0 Å². The van der Waals surface area contributed by atoms with Crippen molar-refractivity contribution in [3.05, 3.63) is 71.8 Å².